The Kier molecular flexibility index (Phi) is 6.00. The van der Waals surface area contributed by atoms with E-state index in [1.165, 1.54) is 16.7 Å². The van der Waals surface area contributed by atoms with Gasteiger partial charge >= 0.3 is 0 Å². The highest BCUT2D eigenvalue weighted by atomic mass is 32.2. The molecule has 1 aromatic heterocycles. The number of amides is 2. The number of nitrogens with one attached hydrogen (secondary N) is 1. The molecule has 3 rings (SSSR count). The highest BCUT2D eigenvalue weighted by Crippen LogP contribution is 2.30. The first-order chi connectivity index (χ1) is 13.0. The van der Waals surface area contributed by atoms with Crippen LogP contribution in [-0.4, -0.2) is 64.0 Å². The molecule has 0 bridgehead atoms. The van der Waals surface area contributed by atoms with Gasteiger partial charge in [-0.15, -0.1) is 10.2 Å². The molecule has 0 saturated heterocycles. The van der Waals surface area contributed by atoms with Crippen molar-refractivity contribution in [1.29, 1.82) is 0 Å². The number of ether oxygens (including phenoxy) is 1. The lowest BCUT2D eigenvalue weighted by Gasteiger charge is -2.16. The maximum absolute atomic E-state index is 12.3. The van der Waals surface area contributed by atoms with E-state index in [1.807, 2.05) is 35.9 Å². The molecular weight excluding hydrogens is 366 g/mol. The second-order valence-corrected chi connectivity index (χ2v) is 7.39. The number of methoxy groups -OCH3 is 1. The summed E-state index contributed by atoms with van der Waals surface area (Å²) in [7, 11) is 5.09. The zero-order valence-electron chi connectivity index (χ0n) is 15.6. The number of aromatic nitrogens is 3. The number of benzene rings is 1. The first kappa shape index (κ1) is 19.2. The highest BCUT2D eigenvalue weighted by molar-refractivity contribution is 7.99. The van der Waals surface area contributed by atoms with Gasteiger partial charge in [-0.1, -0.05) is 23.9 Å². The summed E-state index contributed by atoms with van der Waals surface area (Å²) in [6.07, 6.45) is 2.06. The normalized spacial score (nSPS) is 13.3. The molecule has 1 aromatic carbocycles. The minimum Gasteiger partial charge on any atom is -0.496 e. The molecule has 1 N–H and O–H groups in total. The highest BCUT2D eigenvalue weighted by Gasteiger charge is 2.24. The fourth-order valence-electron chi connectivity index (χ4n) is 2.55. The number of rotatable bonds is 8. The second-order valence-electron chi connectivity index (χ2n) is 6.45. The number of hydrogen-bond donors (Lipinski definition) is 1. The van der Waals surface area contributed by atoms with Crippen LogP contribution in [-0.2, 0) is 16.6 Å². The Hall–Kier alpha value is -2.55. The van der Waals surface area contributed by atoms with Crippen LogP contribution >= 0.6 is 11.8 Å². The topological polar surface area (TPSA) is 89.4 Å². The number of hydrogen-bond acceptors (Lipinski definition) is 6. The van der Waals surface area contributed by atoms with E-state index < -0.39 is 0 Å². The Labute approximate surface area is 162 Å². The van der Waals surface area contributed by atoms with E-state index in [4.69, 9.17) is 4.74 Å². The molecule has 0 radical (unpaired) electrons. The molecule has 1 saturated carbocycles. The van der Waals surface area contributed by atoms with Crippen molar-refractivity contribution in [3.63, 3.8) is 0 Å². The minimum atomic E-state index is -0.132. The van der Waals surface area contributed by atoms with Crippen molar-refractivity contribution >= 4 is 23.6 Å². The van der Waals surface area contributed by atoms with Crippen molar-refractivity contribution in [2.24, 2.45) is 7.05 Å². The summed E-state index contributed by atoms with van der Waals surface area (Å²) >= 11 is 1.29. The van der Waals surface area contributed by atoms with Gasteiger partial charge in [0, 0.05) is 20.1 Å². The molecule has 1 heterocycles. The number of carbonyl (C=O) groups is 2. The molecule has 0 spiro atoms. The SMILES string of the molecule is COc1ccccc1-c1nnc(SCC(=O)N(C)CC(=O)NC2CC2)n1C. The first-order valence-corrected chi connectivity index (χ1v) is 9.67. The lowest BCUT2D eigenvalue weighted by molar-refractivity contribution is -0.132. The molecule has 27 heavy (non-hydrogen) atoms. The molecule has 2 amide bonds. The van der Waals surface area contributed by atoms with E-state index in [0.29, 0.717) is 22.8 Å². The van der Waals surface area contributed by atoms with E-state index >= 15 is 0 Å². The summed E-state index contributed by atoms with van der Waals surface area (Å²) in [5.74, 6) is 1.32. The molecule has 8 nitrogen and oxygen atoms in total. The van der Waals surface area contributed by atoms with E-state index in [1.54, 1.807) is 14.2 Å². The van der Waals surface area contributed by atoms with E-state index in [9.17, 15) is 9.59 Å². The van der Waals surface area contributed by atoms with Crippen LogP contribution in [0.25, 0.3) is 11.4 Å². The van der Waals surface area contributed by atoms with Gasteiger partial charge in [-0.05, 0) is 25.0 Å². The molecule has 0 aliphatic heterocycles. The van der Waals surface area contributed by atoms with Gasteiger partial charge in [0.2, 0.25) is 11.8 Å². The van der Waals surface area contributed by atoms with Crippen LogP contribution in [0.5, 0.6) is 5.75 Å². The Morgan fingerprint density at radius 2 is 2.07 bits per heavy atom. The van der Waals surface area contributed by atoms with Crippen LogP contribution in [0.2, 0.25) is 0 Å². The Morgan fingerprint density at radius 3 is 2.78 bits per heavy atom. The molecule has 1 fully saturated rings. The van der Waals surface area contributed by atoms with Gasteiger partial charge in [-0.3, -0.25) is 9.59 Å². The van der Waals surface area contributed by atoms with Gasteiger partial charge in [0.05, 0.1) is 25.0 Å². The van der Waals surface area contributed by atoms with Crippen molar-refractivity contribution in [3.8, 4) is 17.1 Å². The molecule has 0 atom stereocenters. The summed E-state index contributed by atoms with van der Waals surface area (Å²) in [6, 6.07) is 7.87. The third-order valence-corrected chi connectivity index (χ3v) is 5.26. The average molecular weight is 389 g/mol. The van der Waals surface area contributed by atoms with Crippen LogP contribution in [0.4, 0.5) is 0 Å². The summed E-state index contributed by atoms with van der Waals surface area (Å²) in [4.78, 5) is 25.5. The van der Waals surface area contributed by atoms with Gasteiger partial charge in [-0.2, -0.15) is 0 Å². The van der Waals surface area contributed by atoms with Crippen molar-refractivity contribution in [2.45, 2.75) is 24.0 Å². The molecule has 144 valence electrons. The van der Waals surface area contributed by atoms with Crippen LogP contribution in [0.15, 0.2) is 29.4 Å². The zero-order chi connectivity index (χ0) is 19.4. The van der Waals surface area contributed by atoms with Crippen molar-refractivity contribution in [2.75, 3.05) is 26.5 Å². The Balaban J connectivity index is 1.59. The second kappa shape index (κ2) is 8.43. The first-order valence-electron chi connectivity index (χ1n) is 8.68. The van der Waals surface area contributed by atoms with E-state index in [2.05, 4.69) is 15.5 Å². The molecule has 9 heteroatoms. The van der Waals surface area contributed by atoms with Gasteiger partial charge < -0.3 is 19.5 Å². The Bertz CT molecular complexity index is 834. The standard InChI is InChI=1S/C18H23N5O3S/c1-22(10-15(24)19-12-8-9-12)16(25)11-27-18-21-20-17(23(18)2)13-6-4-5-7-14(13)26-3/h4-7,12H,8-11H2,1-3H3,(H,19,24). The largest absolute Gasteiger partial charge is 0.496 e. The molecule has 2 aromatic rings. The number of thioether (sulfide) groups is 1. The molecular formula is C18H23N5O3S. The van der Waals surface area contributed by atoms with Crippen LogP contribution in [0, 0.1) is 0 Å². The van der Waals surface area contributed by atoms with Crippen LogP contribution in [0.3, 0.4) is 0 Å². The molecule has 1 aliphatic rings. The predicted molar refractivity (Wildman–Crippen MR) is 103 cm³/mol. The maximum atomic E-state index is 12.3. The molecule has 1 aliphatic carbocycles. The van der Waals surface area contributed by atoms with Crippen molar-refractivity contribution < 1.29 is 14.3 Å². The number of likely N-dealkylation sites (N-methyl/N-ethyl adjacent to an activating group) is 1. The number of para-hydroxylation sites is 1. The summed E-state index contributed by atoms with van der Waals surface area (Å²) in [5, 5.41) is 11.9. The summed E-state index contributed by atoms with van der Waals surface area (Å²) in [5.41, 5.74) is 0.835. The smallest absolute Gasteiger partial charge is 0.239 e. The zero-order valence-corrected chi connectivity index (χ0v) is 16.5. The van der Waals surface area contributed by atoms with Crippen molar-refractivity contribution in [1.82, 2.24) is 25.0 Å². The monoisotopic (exact) mass is 389 g/mol. The lowest BCUT2D eigenvalue weighted by Crippen LogP contribution is -2.39. The third-order valence-electron chi connectivity index (χ3n) is 4.26. The van der Waals surface area contributed by atoms with E-state index in [0.717, 1.165) is 18.4 Å². The predicted octanol–water partition coefficient (Wildman–Crippen LogP) is 1.32. The quantitative estimate of drug-likeness (QED) is 0.685. The van der Waals surface area contributed by atoms with E-state index in [-0.39, 0.29) is 24.1 Å². The van der Waals surface area contributed by atoms with Gasteiger partial charge in [0.25, 0.3) is 0 Å². The van der Waals surface area contributed by atoms with Gasteiger partial charge in [0.15, 0.2) is 11.0 Å². The van der Waals surface area contributed by atoms with Crippen LogP contribution in [0.1, 0.15) is 12.8 Å². The average Bonchev–Trinajstić information content (AvgIpc) is 3.40. The minimum absolute atomic E-state index is 0.0706. The van der Waals surface area contributed by atoms with Gasteiger partial charge in [0.1, 0.15) is 5.75 Å². The third kappa shape index (κ3) is 4.79. The number of nitrogens with zero attached hydrogens (tertiary/aromatic N) is 4. The van der Waals surface area contributed by atoms with Crippen molar-refractivity contribution in [3.05, 3.63) is 24.3 Å². The fraction of sp³-hybridized carbons (Fsp3) is 0.444. The summed E-state index contributed by atoms with van der Waals surface area (Å²) < 4.78 is 7.20. The van der Waals surface area contributed by atoms with Gasteiger partial charge in [-0.25, -0.2) is 0 Å². The maximum Gasteiger partial charge on any atom is 0.239 e. The molecule has 0 unspecified atom stereocenters. The Morgan fingerprint density at radius 1 is 1.33 bits per heavy atom. The lowest BCUT2D eigenvalue weighted by atomic mass is 10.2. The van der Waals surface area contributed by atoms with Crippen LogP contribution < -0.4 is 10.1 Å². The summed E-state index contributed by atoms with van der Waals surface area (Å²) in [6.45, 7) is 0.0706. The fourth-order valence-corrected chi connectivity index (χ4v) is 3.40. The number of carbonyl (C=O) groups excluding carboxylic acids is 2.